The van der Waals surface area contributed by atoms with Gasteiger partial charge in [0.25, 0.3) is 0 Å². The SMILES string of the molecule is Cc1n[nH]c2cnc(-c3cnccc3N3CCC[C@H](N)C3)cc12. The molecule has 4 heterocycles. The molecule has 0 unspecified atom stereocenters. The molecule has 0 saturated carbocycles. The fourth-order valence-corrected chi connectivity index (χ4v) is 3.28. The zero-order valence-electron chi connectivity index (χ0n) is 13.2. The maximum absolute atomic E-state index is 6.15. The number of hydrogen-bond acceptors (Lipinski definition) is 5. The van der Waals surface area contributed by atoms with Crippen LogP contribution in [0, 0.1) is 6.92 Å². The number of aromatic amines is 1. The molecule has 1 fully saturated rings. The highest BCUT2D eigenvalue weighted by Crippen LogP contribution is 2.32. The molecular weight excluding hydrogens is 288 g/mol. The van der Waals surface area contributed by atoms with E-state index in [1.807, 2.05) is 25.5 Å². The molecule has 0 radical (unpaired) electrons. The first-order valence-corrected chi connectivity index (χ1v) is 7.98. The smallest absolute Gasteiger partial charge is 0.0836 e. The summed E-state index contributed by atoms with van der Waals surface area (Å²) >= 11 is 0. The zero-order valence-corrected chi connectivity index (χ0v) is 13.2. The number of rotatable bonds is 2. The van der Waals surface area contributed by atoms with Crippen LogP contribution in [-0.2, 0) is 0 Å². The Balaban J connectivity index is 1.79. The van der Waals surface area contributed by atoms with Gasteiger partial charge in [-0.2, -0.15) is 5.10 Å². The molecule has 1 saturated heterocycles. The number of nitrogens with two attached hydrogens (primary N) is 1. The van der Waals surface area contributed by atoms with E-state index >= 15 is 0 Å². The van der Waals surface area contributed by atoms with Gasteiger partial charge in [0.15, 0.2) is 0 Å². The number of aromatic nitrogens is 4. The summed E-state index contributed by atoms with van der Waals surface area (Å²) < 4.78 is 0. The van der Waals surface area contributed by atoms with E-state index in [0.29, 0.717) is 0 Å². The molecule has 0 aliphatic carbocycles. The number of piperidine rings is 1. The van der Waals surface area contributed by atoms with Crippen LogP contribution in [-0.4, -0.2) is 39.3 Å². The predicted octanol–water partition coefficient (Wildman–Crippen LogP) is 2.26. The van der Waals surface area contributed by atoms with E-state index in [0.717, 1.165) is 59.5 Å². The predicted molar refractivity (Wildman–Crippen MR) is 91.3 cm³/mol. The van der Waals surface area contributed by atoms with E-state index in [1.54, 1.807) is 0 Å². The van der Waals surface area contributed by atoms with Crippen LogP contribution < -0.4 is 10.6 Å². The van der Waals surface area contributed by atoms with Crippen molar-refractivity contribution in [3.8, 4) is 11.3 Å². The largest absolute Gasteiger partial charge is 0.369 e. The van der Waals surface area contributed by atoms with Crippen molar-refractivity contribution in [2.75, 3.05) is 18.0 Å². The number of aryl methyl sites for hydroxylation is 1. The summed E-state index contributed by atoms with van der Waals surface area (Å²) in [5.41, 5.74) is 11.2. The molecule has 23 heavy (non-hydrogen) atoms. The van der Waals surface area contributed by atoms with Crippen LogP contribution in [0.5, 0.6) is 0 Å². The number of nitrogens with zero attached hydrogens (tertiary/aromatic N) is 4. The van der Waals surface area contributed by atoms with Gasteiger partial charge in [-0.15, -0.1) is 0 Å². The molecule has 1 aliphatic rings. The molecule has 0 spiro atoms. The third-order valence-electron chi connectivity index (χ3n) is 4.51. The summed E-state index contributed by atoms with van der Waals surface area (Å²) in [4.78, 5) is 11.2. The molecule has 4 rings (SSSR count). The number of pyridine rings is 2. The summed E-state index contributed by atoms with van der Waals surface area (Å²) in [5.74, 6) is 0. The minimum absolute atomic E-state index is 0.233. The Morgan fingerprint density at radius 2 is 2.26 bits per heavy atom. The molecule has 3 aromatic heterocycles. The maximum atomic E-state index is 6.15. The molecule has 118 valence electrons. The van der Waals surface area contributed by atoms with Gasteiger partial charge in [0.05, 0.1) is 23.1 Å². The van der Waals surface area contributed by atoms with E-state index in [4.69, 9.17) is 5.73 Å². The maximum Gasteiger partial charge on any atom is 0.0836 e. The summed E-state index contributed by atoms with van der Waals surface area (Å²) in [6, 6.07) is 4.37. The monoisotopic (exact) mass is 308 g/mol. The molecular formula is C17H20N6. The fourth-order valence-electron chi connectivity index (χ4n) is 3.28. The van der Waals surface area contributed by atoms with Crippen molar-refractivity contribution < 1.29 is 0 Å². The lowest BCUT2D eigenvalue weighted by atomic mass is 10.0. The van der Waals surface area contributed by atoms with Crippen molar-refractivity contribution in [2.24, 2.45) is 5.73 Å². The second-order valence-electron chi connectivity index (χ2n) is 6.17. The van der Waals surface area contributed by atoms with Gasteiger partial charge in [0, 0.05) is 48.2 Å². The van der Waals surface area contributed by atoms with Crippen LogP contribution in [0.3, 0.4) is 0 Å². The lowest BCUT2D eigenvalue weighted by molar-refractivity contribution is 0.506. The van der Waals surface area contributed by atoms with Crippen molar-refractivity contribution in [2.45, 2.75) is 25.8 Å². The second-order valence-corrected chi connectivity index (χ2v) is 6.17. The lowest BCUT2D eigenvalue weighted by Crippen LogP contribution is -2.43. The van der Waals surface area contributed by atoms with Crippen LogP contribution >= 0.6 is 0 Å². The van der Waals surface area contributed by atoms with Gasteiger partial charge in [-0.1, -0.05) is 0 Å². The van der Waals surface area contributed by atoms with E-state index in [9.17, 15) is 0 Å². The summed E-state index contributed by atoms with van der Waals surface area (Å²) in [7, 11) is 0. The minimum atomic E-state index is 0.233. The van der Waals surface area contributed by atoms with Gasteiger partial charge in [0.2, 0.25) is 0 Å². The summed E-state index contributed by atoms with van der Waals surface area (Å²) in [5, 5.41) is 8.34. The first-order chi connectivity index (χ1) is 11.2. The Morgan fingerprint density at radius 3 is 3.13 bits per heavy atom. The number of nitrogens with one attached hydrogen (secondary N) is 1. The Kier molecular flexibility index (Phi) is 3.46. The average molecular weight is 308 g/mol. The Labute approximate surface area is 134 Å². The Morgan fingerprint density at radius 1 is 1.35 bits per heavy atom. The van der Waals surface area contributed by atoms with Gasteiger partial charge in [-0.05, 0) is 31.9 Å². The highest BCUT2D eigenvalue weighted by Gasteiger charge is 2.20. The van der Waals surface area contributed by atoms with Gasteiger partial charge >= 0.3 is 0 Å². The molecule has 0 aromatic carbocycles. The normalized spacial score (nSPS) is 18.5. The van der Waals surface area contributed by atoms with Gasteiger partial charge in [0.1, 0.15) is 0 Å². The van der Waals surface area contributed by atoms with Crippen molar-refractivity contribution in [3.63, 3.8) is 0 Å². The van der Waals surface area contributed by atoms with Crippen molar-refractivity contribution in [3.05, 3.63) is 36.4 Å². The first-order valence-electron chi connectivity index (χ1n) is 7.98. The molecule has 3 N–H and O–H groups in total. The van der Waals surface area contributed by atoms with Crippen LogP contribution in [0.15, 0.2) is 30.7 Å². The number of H-pyrrole nitrogens is 1. The third kappa shape index (κ3) is 2.55. The zero-order chi connectivity index (χ0) is 15.8. The standard InChI is InChI=1S/C17H20N6/c1-11-13-7-15(20-9-16(13)22-21-11)14-8-19-5-4-17(14)23-6-2-3-12(18)10-23/h4-5,7-9,12H,2-3,6,10,18H2,1H3,(H,21,22)/t12-/m0/s1. The third-order valence-corrected chi connectivity index (χ3v) is 4.51. The van der Waals surface area contributed by atoms with Gasteiger partial charge in [-0.25, -0.2) is 0 Å². The minimum Gasteiger partial charge on any atom is -0.369 e. The first kappa shape index (κ1) is 14.1. The topological polar surface area (TPSA) is 83.7 Å². The number of fused-ring (bicyclic) bond motifs is 1. The van der Waals surface area contributed by atoms with E-state index in [-0.39, 0.29) is 6.04 Å². The molecule has 1 aliphatic heterocycles. The number of hydrogen-bond donors (Lipinski definition) is 2. The number of anilines is 1. The summed E-state index contributed by atoms with van der Waals surface area (Å²) in [6.45, 7) is 3.90. The Hall–Kier alpha value is -2.47. The quantitative estimate of drug-likeness (QED) is 0.758. The van der Waals surface area contributed by atoms with Crippen LogP contribution in [0.1, 0.15) is 18.5 Å². The fraction of sp³-hybridized carbons (Fsp3) is 0.353. The Bertz CT molecular complexity index is 840. The van der Waals surface area contributed by atoms with Crippen LogP contribution in [0.4, 0.5) is 5.69 Å². The molecule has 6 nitrogen and oxygen atoms in total. The van der Waals surface area contributed by atoms with Crippen LogP contribution in [0.25, 0.3) is 22.2 Å². The van der Waals surface area contributed by atoms with Crippen LogP contribution in [0.2, 0.25) is 0 Å². The van der Waals surface area contributed by atoms with E-state index in [2.05, 4.69) is 37.2 Å². The highest BCUT2D eigenvalue weighted by atomic mass is 15.2. The molecule has 0 amide bonds. The van der Waals surface area contributed by atoms with E-state index < -0.39 is 0 Å². The molecule has 1 atom stereocenters. The lowest BCUT2D eigenvalue weighted by Gasteiger charge is -2.33. The molecule has 6 heteroatoms. The van der Waals surface area contributed by atoms with Crippen molar-refractivity contribution in [1.82, 2.24) is 20.2 Å². The second kappa shape index (κ2) is 5.62. The van der Waals surface area contributed by atoms with Gasteiger partial charge < -0.3 is 10.6 Å². The molecule has 0 bridgehead atoms. The van der Waals surface area contributed by atoms with Crippen molar-refractivity contribution >= 4 is 16.6 Å². The highest BCUT2D eigenvalue weighted by molar-refractivity contribution is 5.86. The summed E-state index contributed by atoms with van der Waals surface area (Å²) in [6.07, 6.45) is 7.77. The average Bonchev–Trinajstić information content (AvgIpc) is 2.95. The molecule has 3 aromatic rings. The van der Waals surface area contributed by atoms with E-state index in [1.165, 1.54) is 0 Å². The van der Waals surface area contributed by atoms with Gasteiger partial charge in [-0.3, -0.25) is 15.1 Å². The van der Waals surface area contributed by atoms with Crippen molar-refractivity contribution in [1.29, 1.82) is 0 Å².